The Labute approximate surface area is 223 Å². The summed E-state index contributed by atoms with van der Waals surface area (Å²) < 4.78 is 8.88. The van der Waals surface area contributed by atoms with Crippen LogP contribution >= 0.6 is 0 Å². The Morgan fingerprint density at radius 1 is 0.487 bits per heavy atom. The average molecular weight is 499 g/mol. The minimum atomic E-state index is 0.907. The first-order valence-corrected chi connectivity index (χ1v) is 13.3. The number of rotatable bonds is 2. The minimum absolute atomic E-state index is 0.907. The zero-order chi connectivity index (χ0) is 25.5. The predicted molar refractivity (Wildman–Crippen MR) is 163 cm³/mol. The van der Waals surface area contributed by atoms with Crippen molar-refractivity contribution >= 4 is 65.6 Å². The SMILES string of the molecule is c1ccc(-c2cc(-n3c4ccccc4c4cc5[nH]c6ccccc6c5cc43)cc3c2oc2ccccc23)cc1. The first kappa shape index (κ1) is 20.7. The molecule has 0 atom stereocenters. The van der Waals surface area contributed by atoms with Crippen LogP contribution in [-0.4, -0.2) is 9.55 Å². The highest BCUT2D eigenvalue weighted by atomic mass is 16.3. The number of furan rings is 1. The zero-order valence-electron chi connectivity index (χ0n) is 21.0. The van der Waals surface area contributed by atoms with Crippen LogP contribution in [0.4, 0.5) is 0 Å². The fraction of sp³-hybridized carbons (Fsp3) is 0. The van der Waals surface area contributed by atoms with Gasteiger partial charge in [0.25, 0.3) is 0 Å². The van der Waals surface area contributed by atoms with Gasteiger partial charge >= 0.3 is 0 Å². The normalized spacial score (nSPS) is 12.1. The molecule has 3 heteroatoms. The maximum absolute atomic E-state index is 6.47. The van der Waals surface area contributed by atoms with E-state index in [9.17, 15) is 0 Å². The Kier molecular flexibility index (Phi) is 4.05. The fourth-order valence-electron chi connectivity index (χ4n) is 6.36. The molecule has 3 aromatic heterocycles. The van der Waals surface area contributed by atoms with E-state index >= 15 is 0 Å². The second kappa shape index (κ2) is 7.62. The molecule has 9 aromatic rings. The third kappa shape index (κ3) is 2.87. The molecule has 0 unspecified atom stereocenters. The smallest absolute Gasteiger partial charge is 0.143 e. The third-order valence-electron chi connectivity index (χ3n) is 8.10. The molecule has 0 radical (unpaired) electrons. The standard InChI is InChI=1S/C36H22N2O/c1-2-10-22(11-3-1)27-18-23(19-30-26-14-6-9-17-35(26)39-36(27)30)38-33-16-8-5-13-25(33)29-20-32-28(21-34(29)38)24-12-4-7-15-31(24)37-32/h1-21,37H. The van der Waals surface area contributed by atoms with E-state index in [0.717, 1.165) is 49.8 Å². The molecular formula is C36H22N2O. The second-order valence-corrected chi connectivity index (χ2v) is 10.3. The van der Waals surface area contributed by atoms with Gasteiger partial charge in [0.2, 0.25) is 0 Å². The zero-order valence-corrected chi connectivity index (χ0v) is 21.0. The van der Waals surface area contributed by atoms with E-state index in [1.165, 1.54) is 32.6 Å². The molecule has 0 aliphatic carbocycles. The molecular weight excluding hydrogens is 476 g/mol. The number of para-hydroxylation sites is 3. The highest BCUT2D eigenvalue weighted by Crippen LogP contribution is 2.41. The molecule has 1 N–H and O–H groups in total. The Hall–Kier alpha value is -5.28. The maximum Gasteiger partial charge on any atom is 0.143 e. The van der Waals surface area contributed by atoms with Gasteiger partial charge in [-0.1, -0.05) is 84.9 Å². The van der Waals surface area contributed by atoms with Crippen LogP contribution < -0.4 is 0 Å². The average Bonchev–Trinajstić information content (AvgIpc) is 3.65. The summed E-state index contributed by atoms with van der Waals surface area (Å²) >= 11 is 0. The van der Waals surface area contributed by atoms with E-state index in [0.29, 0.717) is 0 Å². The van der Waals surface area contributed by atoms with Crippen molar-refractivity contribution in [3.05, 3.63) is 127 Å². The van der Waals surface area contributed by atoms with Crippen LogP contribution in [0.25, 0.3) is 82.4 Å². The fourth-order valence-corrected chi connectivity index (χ4v) is 6.36. The van der Waals surface area contributed by atoms with Crippen molar-refractivity contribution in [2.45, 2.75) is 0 Å². The molecule has 0 amide bonds. The van der Waals surface area contributed by atoms with Gasteiger partial charge in [-0.2, -0.15) is 0 Å². The van der Waals surface area contributed by atoms with Gasteiger partial charge in [0.05, 0.1) is 11.0 Å². The molecule has 0 aliphatic heterocycles. The summed E-state index contributed by atoms with van der Waals surface area (Å²) in [4.78, 5) is 3.63. The molecule has 0 saturated carbocycles. The van der Waals surface area contributed by atoms with Crippen molar-refractivity contribution in [3.63, 3.8) is 0 Å². The highest BCUT2D eigenvalue weighted by Gasteiger charge is 2.19. The van der Waals surface area contributed by atoms with Crippen molar-refractivity contribution < 1.29 is 4.42 Å². The summed E-state index contributed by atoms with van der Waals surface area (Å²) in [6.45, 7) is 0. The van der Waals surface area contributed by atoms with Crippen LogP contribution in [-0.2, 0) is 0 Å². The van der Waals surface area contributed by atoms with Crippen molar-refractivity contribution in [3.8, 4) is 16.8 Å². The highest BCUT2D eigenvalue weighted by molar-refractivity contribution is 6.18. The molecule has 0 saturated heterocycles. The number of aromatic amines is 1. The second-order valence-electron chi connectivity index (χ2n) is 10.3. The number of hydrogen-bond acceptors (Lipinski definition) is 1. The number of H-pyrrole nitrogens is 1. The van der Waals surface area contributed by atoms with E-state index in [1.807, 2.05) is 6.07 Å². The lowest BCUT2D eigenvalue weighted by atomic mass is 10.0. The van der Waals surface area contributed by atoms with E-state index in [1.54, 1.807) is 0 Å². The lowest BCUT2D eigenvalue weighted by Gasteiger charge is -2.12. The van der Waals surface area contributed by atoms with Crippen LogP contribution in [0.5, 0.6) is 0 Å². The Morgan fingerprint density at radius 3 is 2.13 bits per heavy atom. The van der Waals surface area contributed by atoms with Gasteiger partial charge < -0.3 is 14.0 Å². The lowest BCUT2D eigenvalue weighted by molar-refractivity contribution is 0.670. The number of aromatic nitrogens is 2. The number of fused-ring (bicyclic) bond motifs is 9. The minimum Gasteiger partial charge on any atom is -0.455 e. The molecule has 182 valence electrons. The van der Waals surface area contributed by atoms with Crippen LogP contribution in [0.3, 0.4) is 0 Å². The summed E-state index contributed by atoms with van der Waals surface area (Å²) in [5, 5.41) is 7.22. The number of nitrogens with one attached hydrogen (secondary N) is 1. The Balaban J connectivity index is 1.46. The number of nitrogens with zero attached hydrogens (tertiary/aromatic N) is 1. The Bertz CT molecular complexity index is 2390. The van der Waals surface area contributed by atoms with Crippen LogP contribution in [0.1, 0.15) is 0 Å². The topological polar surface area (TPSA) is 33.9 Å². The molecule has 0 aliphatic rings. The van der Waals surface area contributed by atoms with Gasteiger partial charge in [-0.15, -0.1) is 0 Å². The molecule has 0 bridgehead atoms. The van der Waals surface area contributed by atoms with Crippen LogP contribution in [0, 0.1) is 0 Å². The van der Waals surface area contributed by atoms with Crippen LogP contribution in [0.2, 0.25) is 0 Å². The van der Waals surface area contributed by atoms with Crippen molar-refractivity contribution in [1.29, 1.82) is 0 Å². The van der Waals surface area contributed by atoms with Crippen molar-refractivity contribution in [2.24, 2.45) is 0 Å². The summed E-state index contributed by atoms with van der Waals surface area (Å²) in [6.07, 6.45) is 0. The molecule has 39 heavy (non-hydrogen) atoms. The summed E-state index contributed by atoms with van der Waals surface area (Å²) in [7, 11) is 0. The number of hydrogen-bond donors (Lipinski definition) is 1. The van der Waals surface area contributed by atoms with Gasteiger partial charge in [0, 0.05) is 54.6 Å². The van der Waals surface area contributed by atoms with Crippen molar-refractivity contribution in [2.75, 3.05) is 0 Å². The maximum atomic E-state index is 6.47. The first-order chi connectivity index (χ1) is 19.3. The van der Waals surface area contributed by atoms with Crippen molar-refractivity contribution in [1.82, 2.24) is 9.55 Å². The molecule has 9 rings (SSSR count). The van der Waals surface area contributed by atoms with Gasteiger partial charge in [0.15, 0.2) is 0 Å². The molecule has 6 aromatic carbocycles. The van der Waals surface area contributed by atoms with E-state index in [2.05, 4.69) is 131 Å². The monoisotopic (exact) mass is 498 g/mol. The van der Waals surface area contributed by atoms with E-state index in [4.69, 9.17) is 4.42 Å². The van der Waals surface area contributed by atoms with Gasteiger partial charge in [-0.25, -0.2) is 0 Å². The molecule has 3 nitrogen and oxygen atoms in total. The predicted octanol–water partition coefficient (Wildman–Crippen LogP) is 9.98. The van der Waals surface area contributed by atoms with E-state index < -0.39 is 0 Å². The number of benzene rings is 6. The van der Waals surface area contributed by atoms with Gasteiger partial charge in [0.1, 0.15) is 11.2 Å². The third-order valence-corrected chi connectivity index (χ3v) is 8.10. The quantitative estimate of drug-likeness (QED) is 0.253. The molecule has 0 spiro atoms. The Morgan fingerprint density at radius 2 is 1.23 bits per heavy atom. The molecule has 0 fully saturated rings. The van der Waals surface area contributed by atoms with Gasteiger partial charge in [-0.05, 0) is 48.0 Å². The molecule has 3 heterocycles. The van der Waals surface area contributed by atoms with Crippen LogP contribution in [0.15, 0.2) is 132 Å². The largest absolute Gasteiger partial charge is 0.455 e. The summed E-state index contributed by atoms with van der Waals surface area (Å²) in [5.41, 5.74) is 9.90. The van der Waals surface area contributed by atoms with E-state index in [-0.39, 0.29) is 0 Å². The summed E-state index contributed by atoms with van der Waals surface area (Å²) in [5.74, 6) is 0. The summed E-state index contributed by atoms with van der Waals surface area (Å²) in [6, 6.07) is 45.4. The van der Waals surface area contributed by atoms with Gasteiger partial charge in [-0.3, -0.25) is 0 Å². The first-order valence-electron chi connectivity index (χ1n) is 13.3. The lowest BCUT2D eigenvalue weighted by Crippen LogP contribution is -1.95.